The van der Waals surface area contributed by atoms with Crippen LogP contribution in [0.15, 0.2) is 22.7 Å². The normalized spacial score (nSPS) is 11.1. The van der Waals surface area contributed by atoms with Crippen LogP contribution in [0.2, 0.25) is 0 Å². The SMILES string of the molecule is COCOc1ccc(CCNC(=O)OC(C)(C)C)cc1Br. The van der Waals surface area contributed by atoms with Crippen LogP contribution in [0.25, 0.3) is 0 Å². The van der Waals surface area contributed by atoms with Gasteiger partial charge in [-0.15, -0.1) is 0 Å². The molecule has 0 saturated carbocycles. The van der Waals surface area contributed by atoms with E-state index in [-0.39, 0.29) is 6.79 Å². The summed E-state index contributed by atoms with van der Waals surface area (Å²) in [5, 5.41) is 2.73. The lowest BCUT2D eigenvalue weighted by atomic mass is 10.1. The Labute approximate surface area is 134 Å². The number of rotatable bonds is 6. The molecule has 0 spiro atoms. The van der Waals surface area contributed by atoms with E-state index in [9.17, 15) is 4.79 Å². The van der Waals surface area contributed by atoms with Crippen molar-refractivity contribution in [1.29, 1.82) is 0 Å². The Bertz CT molecular complexity index is 471. The maximum atomic E-state index is 11.5. The van der Waals surface area contributed by atoms with Crippen LogP contribution >= 0.6 is 15.9 Å². The Morgan fingerprint density at radius 1 is 1.33 bits per heavy atom. The van der Waals surface area contributed by atoms with E-state index in [0.29, 0.717) is 13.0 Å². The molecule has 0 bridgehead atoms. The summed E-state index contributed by atoms with van der Waals surface area (Å²) in [6, 6.07) is 5.78. The molecule has 0 fully saturated rings. The number of carbonyl (C=O) groups excluding carboxylic acids is 1. The van der Waals surface area contributed by atoms with Gasteiger partial charge in [0.2, 0.25) is 0 Å². The molecule has 5 nitrogen and oxygen atoms in total. The van der Waals surface area contributed by atoms with Gasteiger partial charge in [0, 0.05) is 13.7 Å². The van der Waals surface area contributed by atoms with Crippen LogP contribution in [0, 0.1) is 0 Å². The van der Waals surface area contributed by atoms with Crippen LogP contribution in [0.4, 0.5) is 4.79 Å². The number of halogens is 1. The van der Waals surface area contributed by atoms with Crippen molar-refractivity contribution in [2.45, 2.75) is 32.8 Å². The number of hydrogen-bond acceptors (Lipinski definition) is 4. The van der Waals surface area contributed by atoms with Crippen LogP contribution < -0.4 is 10.1 Å². The summed E-state index contributed by atoms with van der Waals surface area (Å²) in [6.45, 7) is 6.23. The highest BCUT2D eigenvalue weighted by molar-refractivity contribution is 9.10. The van der Waals surface area contributed by atoms with Crippen molar-refractivity contribution in [3.8, 4) is 5.75 Å². The van der Waals surface area contributed by atoms with Crippen LogP contribution in [-0.2, 0) is 15.9 Å². The minimum absolute atomic E-state index is 0.206. The number of carbonyl (C=O) groups is 1. The van der Waals surface area contributed by atoms with E-state index in [0.717, 1.165) is 15.8 Å². The van der Waals surface area contributed by atoms with Gasteiger partial charge >= 0.3 is 6.09 Å². The second kappa shape index (κ2) is 8.24. The van der Waals surface area contributed by atoms with E-state index < -0.39 is 11.7 Å². The molecule has 118 valence electrons. The Kier molecular flexibility index (Phi) is 6.98. The standard InChI is InChI=1S/C15H22BrNO4/c1-15(2,3)21-14(18)17-8-7-11-5-6-13(12(16)9-11)20-10-19-4/h5-6,9H,7-8,10H2,1-4H3,(H,17,18). The average Bonchev–Trinajstić information content (AvgIpc) is 2.35. The molecule has 0 aliphatic carbocycles. The van der Waals surface area contributed by atoms with Crippen LogP contribution in [-0.4, -0.2) is 32.1 Å². The molecule has 1 rings (SSSR count). The average molecular weight is 360 g/mol. The molecular formula is C15H22BrNO4. The number of hydrogen-bond donors (Lipinski definition) is 1. The van der Waals surface area contributed by atoms with Crippen molar-refractivity contribution in [2.24, 2.45) is 0 Å². The fraction of sp³-hybridized carbons (Fsp3) is 0.533. The highest BCUT2D eigenvalue weighted by Gasteiger charge is 2.15. The molecule has 1 N–H and O–H groups in total. The lowest BCUT2D eigenvalue weighted by Crippen LogP contribution is -2.33. The zero-order chi connectivity index (χ0) is 15.9. The molecule has 0 aliphatic rings. The van der Waals surface area contributed by atoms with Gasteiger partial charge in [-0.05, 0) is 60.8 Å². The molecule has 0 aromatic heterocycles. The smallest absolute Gasteiger partial charge is 0.407 e. The summed E-state index contributed by atoms with van der Waals surface area (Å²) >= 11 is 3.45. The molecule has 0 aliphatic heterocycles. The zero-order valence-corrected chi connectivity index (χ0v) is 14.5. The summed E-state index contributed by atoms with van der Waals surface area (Å²) in [4.78, 5) is 11.5. The number of ether oxygens (including phenoxy) is 3. The third kappa shape index (κ3) is 7.34. The van der Waals surface area contributed by atoms with Crippen molar-refractivity contribution in [2.75, 3.05) is 20.4 Å². The highest BCUT2D eigenvalue weighted by atomic mass is 79.9. The first-order valence-electron chi connectivity index (χ1n) is 6.69. The Morgan fingerprint density at radius 3 is 2.62 bits per heavy atom. The van der Waals surface area contributed by atoms with Gasteiger partial charge in [-0.25, -0.2) is 4.79 Å². The number of nitrogens with one attached hydrogen (secondary N) is 1. The Hall–Kier alpha value is -1.27. The third-order valence-corrected chi connectivity index (χ3v) is 3.03. The first-order chi connectivity index (χ1) is 9.81. The summed E-state index contributed by atoms with van der Waals surface area (Å²) in [7, 11) is 1.57. The lowest BCUT2D eigenvalue weighted by molar-refractivity contribution is 0.0504. The Morgan fingerprint density at radius 2 is 2.05 bits per heavy atom. The quantitative estimate of drug-likeness (QED) is 0.789. The molecule has 0 radical (unpaired) electrons. The van der Waals surface area contributed by atoms with Gasteiger partial charge in [0.05, 0.1) is 4.47 Å². The summed E-state index contributed by atoms with van der Waals surface area (Å²) in [5.74, 6) is 0.723. The van der Waals surface area contributed by atoms with Crippen LogP contribution in [0.3, 0.4) is 0 Å². The van der Waals surface area contributed by atoms with E-state index in [4.69, 9.17) is 14.2 Å². The molecule has 6 heteroatoms. The minimum Gasteiger partial charge on any atom is -0.466 e. The van der Waals surface area contributed by atoms with Gasteiger partial charge in [-0.2, -0.15) is 0 Å². The molecular weight excluding hydrogens is 338 g/mol. The van der Waals surface area contributed by atoms with E-state index >= 15 is 0 Å². The molecule has 1 amide bonds. The minimum atomic E-state index is -0.479. The van der Waals surface area contributed by atoms with E-state index in [2.05, 4.69) is 21.2 Å². The van der Waals surface area contributed by atoms with Crippen molar-refractivity contribution < 1.29 is 19.0 Å². The molecule has 0 saturated heterocycles. The van der Waals surface area contributed by atoms with Gasteiger partial charge in [0.15, 0.2) is 6.79 Å². The van der Waals surface area contributed by atoms with Gasteiger partial charge in [0.1, 0.15) is 11.4 Å². The topological polar surface area (TPSA) is 56.8 Å². The molecule has 0 heterocycles. The van der Waals surface area contributed by atoms with Crippen molar-refractivity contribution in [1.82, 2.24) is 5.32 Å². The monoisotopic (exact) mass is 359 g/mol. The van der Waals surface area contributed by atoms with Crippen molar-refractivity contribution >= 4 is 22.0 Å². The maximum Gasteiger partial charge on any atom is 0.407 e. The number of methoxy groups -OCH3 is 1. The molecule has 0 unspecified atom stereocenters. The predicted molar refractivity (Wildman–Crippen MR) is 84.6 cm³/mol. The van der Waals surface area contributed by atoms with Crippen molar-refractivity contribution in [3.05, 3.63) is 28.2 Å². The molecule has 1 aromatic rings. The van der Waals surface area contributed by atoms with Crippen LogP contribution in [0.1, 0.15) is 26.3 Å². The first-order valence-corrected chi connectivity index (χ1v) is 7.48. The van der Waals surface area contributed by atoms with Gasteiger partial charge in [0.25, 0.3) is 0 Å². The van der Waals surface area contributed by atoms with E-state index in [1.165, 1.54) is 0 Å². The van der Waals surface area contributed by atoms with Gasteiger partial charge in [-0.3, -0.25) is 0 Å². The summed E-state index contributed by atoms with van der Waals surface area (Å²) in [6.07, 6.45) is 0.309. The fourth-order valence-electron chi connectivity index (χ4n) is 1.56. The highest BCUT2D eigenvalue weighted by Crippen LogP contribution is 2.26. The number of amides is 1. The van der Waals surface area contributed by atoms with E-state index in [1.54, 1.807) is 7.11 Å². The molecule has 1 aromatic carbocycles. The molecule has 21 heavy (non-hydrogen) atoms. The number of benzene rings is 1. The largest absolute Gasteiger partial charge is 0.466 e. The fourth-order valence-corrected chi connectivity index (χ4v) is 2.10. The molecule has 0 atom stereocenters. The predicted octanol–water partition coefficient (Wildman–Crippen LogP) is 3.50. The Balaban J connectivity index is 2.42. The van der Waals surface area contributed by atoms with Crippen LogP contribution in [0.5, 0.6) is 5.75 Å². The van der Waals surface area contributed by atoms with Crippen molar-refractivity contribution in [3.63, 3.8) is 0 Å². The second-order valence-electron chi connectivity index (χ2n) is 5.49. The zero-order valence-electron chi connectivity index (χ0n) is 12.9. The second-order valence-corrected chi connectivity index (χ2v) is 6.35. The summed E-state index contributed by atoms with van der Waals surface area (Å²) in [5.41, 5.74) is 0.607. The maximum absolute atomic E-state index is 11.5. The van der Waals surface area contributed by atoms with E-state index in [1.807, 2.05) is 39.0 Å². The lowest BCUT2D eigenvalue weighted by Gasteiger charge is -2.19. The van der Waals surface area contributed by atoms with Gasteiger partial charge < -0.3 is 19.5 Å². The van der Waals surface area contributed by atoms with Gasteiger partial charge in [-0.1, -0.05) is 6.07 Å². The first kappa shape index (κ1) is 17.8. The summed E-state index contributed by atoms with van der Waals surface area (Å²) < 4.78 is 16.3. The number of alkyl carbamates (subject to hydrolysis) is 1. The third-order valence-electron chi connectivity index (χ3n) is 2.41.